The van der Waals surface area contributed by atoms with E-state index in [2.05, 4.69) is 10.2 Å². The molecule has 7 nitrogen and oxygen atoms in total. The van der Waals surface area contributed by atoms with Gasteiger partial charge in [-0.25, -0.2) is 0 Å². The Labute approximate surface area is 87.9 Å². The molecule has 0 aliphatic rings. The molecule has 0 bridgehead atoms. The third kappa shape index (κ3) is 1.90. The Balaban J connectivity index is 3.47. The topological polar surface area (TPSA) is 85.2 Å². The van der Waals surface area contributed by atoms with E-state index < -0.39 is 10.2 Å². The fourth-order valence-electron chi connectivity index (χ4n) is 1.02. The lowest BCUT2D eigenvalue weighted by Crippen LogP contribution is -2.31. The van der Waals surface area contributed by atoms with Crippen molar-refractivity contribution in [2.24, 2.45) is 0 Å². The van der Waals surface area contributed by atoms with Crippen molar-refractivity contribution in [3.63, 3.8) is 0 Å². The third-order valence-corrected chi connectivity index (χ3v) is 3.61. The Morgan fingerprint density at radius 2 is 2.00 bits per heavy atom. The first-order valence-corrected chi connectivity index (χ1v) is 5.67. The van der Waals surface area contributed by atoms with Crippen LogP contribution in [-0.4, -0.2) is 47.3 Å². The van der Waals surface area contributed by atoms with Crippen LogP contribution >= 0.6 is 0 Å². The van der Waals surface area contributed by atoms with E-state index in [1.165, 1.54) is 14.1 Å². The summed E-state index contributed by atoms with van der Waals surface area (Å²) >= 11 is 0. The monoisotopic (exact) mass is 232 g/mol. The molecule has 0 aliphatic heterocycles. The normalized spacial score (nSPS) is 12.0. The van der Waals surface area contributed by atoms with E-state index in [0.717, 1.165) is 8.28 Å². The first-order valence-electron chi connectivity index (χ1n) is 4.27. The predicted octanol–water partition coefficient (Wildman–Crippen LogP) is -0.692. The van der Waals surface area contributed by atoms with Crippen LogP contribution in [0.1, 0.15) is 23.4 Å². The molecule has 0 saturated carbocycles. The van der Waals surface area contributed by atoms with Gasteiger partial charge in [0.15, 0.2) is 6.29 Å². The number of carbonyl (C=O) groups is 1. The van der Waals surface area contributed by atoms with Crippen molar-refractivity contribution in [3.8, 4) is 0 Å². The number of aldehydes is 1. The lowest BCUT2D eigenvalue weighted by molar-refractivity contribution is 0.111. The molecule has 0 aliphatic carbocycles. The van der Waals surface area contributed by atoms with Gasteiger partial charge in [-0.2, -0.15) is 16.7 Å². The van der Waals surface area contributed by atoms with Crippen molar-refractivity contribution in [3.05, 3.63) is 11.6 Å². The molecule has 1 aromatic rings. The van der Waals surface area contributed by atoms with E-state index in [4.69, 9.17) is 0 Å². The lowest BCUT2D eigenvalue weighted by Gasteiger charge is -2.13. The molecule has 84 valence electrons. The highest BCUT2D eigenvalue weighted by atomic mass is 32.2. The highest BCUT2D eigenvalue weighted by Crippen LogP contribution is 2.08. The summed E-state index contributed by atoms with van der Waals surface area (Å²) in [5.74, 6) is 0.0337. The highest BCUT2D eigenvalue weighted by Gasteiger charge is 2.24. The molecule has 1 rings (SSSR count). The average molecular weight is 232 g/mol. The molecule has 0 N–H and O–H groups in total. The molecule has 0 saturated heterocycles. The van der Waals surface area contributed by atoms with Crippen LogP contribution in [0.4, 0.5) is 0 Å². The SMILES string of the molecule is CCc1nnc(C=O)n1S(=O)(=O)N(C)C. The second-order valence-corrected chi connectivity index (χ2v) is 4.99. The molecule has 8 heteroatoms. The molecule has 0 amide bonds. The number of rotatable bonds is 4. The fraction of sp³-hybridized carbons (Fsp3) is 0.571. The van der Waals surface area contributed by atoms with Crippen molar-refractivity contribution in [2.75, 3.05) is 14.1 Å². The number of hydrogen-bond acceptors (Lipinski definition) is 5. The Kier molecular flexibility index (Phi) is 3.20. The second-order valence-electron chi connectivity index (χ2n) is 3.00. The molecule has 0 unspecified atom stereocenters. The number of nitrogens with zero attached hydrogens (tertiary/aromatic N) is 4. The third-order valence-electron chi connectivity index (χ3n) is 1.82. The minimum absolute atomic E-state index is 0.208. The first-order chi connectivity index (χ1) is 6.95. The lowest BCUT2D eigenvalue weighted by atomic mass is 10.5. The van der Waals surface area contributed by atoms with Crippen molar-refractivity contribution >= 4 is 16.5 Å². The number of hydrogen-bond donors (Lipinski definition) is 0. The summed E-state index contributed by atoms with van der Waals surface area (Å²) in [6, 6.07) is 0. The largest absolute Gasteiger partial charge is 0.310 e. The minimum atomic E-state index is -3.73. The van der Waals surface area contributed by atoms with Crippen LogP contribution in [0.5, 0.6) is 0 Å². The van der Waals surface area contributed by atoms with E-state index in [0.29, 0.717) is 12.7 Å². The molecule has 15 heavy (non-hydrogen) atoms. The zero-order chi connectivity index (χ0) is 11.6. The molecule has 0 fully saturated rings. The van der Waals surface area contributed by atoms with Crippen LogP contribution in [0.3, 0.4) is 0 Å². The maximum atomic E-state index is 11.8. The smallest absolute Gasteiger partial charge is 0.294 e. The minimum Gasteiger partial charge on any atom is -0.294 e. The van der Waals surface area contributed by atoms with Gasteiger partial charge in [0.05, 0.1) is 0 Å². The highest BCUT2D eigenvalue weighted by molar-refractivity contribution is 7.87. The Morgan fingerprint density at radius 3 is 2.40 bits per heavy atom. The van der Waals surface area contributed by atoms with E-state index >= 15 is 0 Å². The van der Waals surface area contributed by atoms with Crippen LogP contribution in [0.25, 0.3) is 0 Å². The summed E-state index contributed by atoms with van der Waals surface area (Å²) in [5.41, 5.74) is 0. The van der Waals surface area contributed by atoms with Gasteiger partial charge < -0.3 is 0 Å². The van der Waals surface area contributed by atoms with Gasteiger partial charge in [-0.15, -0.1) is 10.2 Å². The van der Waals surface area contributed by atoms with Gasteiger partial charge in [0.1, 0.15) is 5.82 Å². The number of carbonyl (C=O) groups excluding carboxylic acids is 1. The van der Waals surface area contributed by atoms with E-state index in [-0.39, 0.29) is 11.6 Å². The Bertz CT molecular complexity index is 463. The maximum Gasteiger partial charge on any atom is 0.310 e. The predicted molar refractivity (Wildman–Crippen MR) is 52.8 cm³/mol. The zero-order valence-corrected chi connectivity index (χ0v) is 9.52. The standard InChI is InChI=1S/C7H12N4O3S/c1-4-6-8-9-7(5-12)11(6)15(13,14)10(2)3/h5H,4H2,1-3H3. The van der Waals surface area contributed by atoms with Crippen molar-refractivity contribution in [1.29, 1.82) is 0 Å². The van der Waals surface area contributed by atoms with E-state index in [1.54, 1.807) is 6.92 Å². The fourth-order valence-corrected chi connectivity index (χ4v) is 2.10. The van der Waals surface area contributed by atoms with Crippen LogP contribution in [0, 0.1) is 0 Å². The summed E-state index contributed by atoms with van der Waals surface area (Å²) < 4.78 is 25.5. The van der Waals surface area contributed by atoms with Crippen LogP contribution < -0.4 is 0 Å². The van der Waals surface area contributed by atoms with Gasteiger partial charge in [-0.1, -0.05) is 6.92 Å². The van der Waals surface area contributed by atoms with Gasteiger partial charge in [-0.05, 0) is 0 Å². The van der Waals surface area contributed by atoms with Crippen molar-refractivity contribution < 1.29 is 13.2 Å². The molecule has 0 radical (unpaired) electrons. The summed E-state index contributed by atoms with van der Waals surface area (Å²) in [6.07, 6.45) is 0.751. The van der Waals surface area contributed by atoms with Gasteiger partial charge in [0.25, 0.3) is 0 Å². The number of aryl methyl sites for hydroxylation is 1. The summed E-state index contributed by atoms with van der Waals surface area (Å²) in [5, 5.41) is 7.12. The molecule has 0 spiro atoms. The molecule has 0 aromatic carbocycles. The van der Waals surface area contributed by atoms with Gasteiger partial charge in [0.2, 0.25) is 5.82 Å². The quantitative estimate of drug-likeness (QED) is 0.641. The Hall–Kier alpha value is -1.28. The van der Waals surface area contributed by atoms with Crippen LogP contribution in [0.2, 0.25) is 0 Å². The van der Waals surface area contributed by atoms with E-state index in [9.17, 15) is 13.2 Å². The maximum absolute atomic E-state index is 11.8. The van der Waals surface area contributed by atoms with Crippen molar-refractivity contribution in [2.45, 2.75) is 13.3 Å². The first kappa shape index (κ1) is 11.8. The van der Waals surface area contributed by atoms with Gasteiger partial charge >= 0.3 is 10.2 Å². The summed E-state index contributed by atoms with van der Waals surface area (Å²) in [4.78, 5) is 10.6. The number of aromatic nitrogens is 3. The zero-order valence-electron chi connectivity index (χ0n) is 8.71. The van der Waals surface area contributed by atoms with Gasteiger partial charge in [-0.3, -0.25) is 4.79 Å². The average Bonchev–Trinajstić information content (AvgIpc) is 2.60. The molecule has 1 heterocycles. The van der Waals surface area contributed by atoms with Crippen molar-refractivity contribution in [1.82, 2.24) is 18.5 Å². The second kappa shape index (κ2) is 4.07. The molecule has 0 atom stereocenters. The molecular formula is C7H12N4O3S. The van der Waals surface area contributed by atoms with Crippen LogP contribution in [0.15, 0.2) is 0 Å². The molecule has 1 aromatic heterocycles. The summed E-state index contributed by atoms with van der Waals surface area (Å²) in [6.45, 7) is 1.74. The van der Waals surface area contributed by atoms with Crippen LogP contribution in [-0.2, 0) is 16.6 Å². The molecular weight excluding hydrogens is 220 g/mol. The Morgan fingerprint density at radius 1 is 1.40 bits per heavy atom. The summed E-state index contributed by atoms with van der Waals surface area (Å²) in [7, 11) is -0.969. The van der Waals surface area contributed by atoms with E-state index in [1.807, 2.05) is 0 Å². The van der Waals surface area contributed by atoms with Gasteiger partial charge in [0, 0.05) is 20.5 Å².